The lowest BCUT2D eigenvalue weighted by molar-refractivity contribution is -0.127. The highest BCUT2D eigenvalue weighted by Gasteiger charge is 2.60. The summed E-state index contributed by atoms with van der Waals surface area (Å²) < 4.78 is 0.730. The van der Waals surface area contributed by atoms with Crippen molar-refractivity contribution in [3.8, 4) is 0 Å². The van der Waals surface area contributed by atoms with E-state index in [0.717, 1.165) is 17.3 Å². The van der Waals surface area contributed by atoms with E-state index in [1.165, 1.54) is 24.8 Å². The van der Waals surface area contributed by atoms with E-state index in [9.17, 15) is 9.59 Å². The molecule has 0 amide bonds. The Balaban J connectivity index is 1.74. The van der Waals surface area contributed by atoms with Crippen molar-refractivity contribution in [2.24, 2.45) is 40.4 Å². The van der Waals surface area contributed by atoms with Gasteiger partial charge in [0.25, 0.3) is 0 Å². The van der Waals surface area contributed by atoms with Gasteiger partial charge < -0.3 is 0 Å². The predicted octanol–water partition coefficient (Wildman–Crippen LogP) is 5.47. The zero-order valence-electron chi connectivity index (χ0n) is 15.8. The van der Waals surface area contributed by atoms with Crippen molar-refractivity contribution >= 4 is 27.5 Å². The van der Waals surface area contributed by atoms with Crippen LogP contribution in [0.4, 0.5) is 0 Å². The first-order valence-corrected chi connectivity index (χ1v) is 10.6. The molecule has 4 aliphatic rings. The minimum Gasteiger partial charge on any atom is -0.300 e. The van der Waals surface area contributed by atoms with Crippen LogP contribution in [0.25, 0.3) is 0 Å². The number of Topliss-reactive ketones (excluding diaryl/α,β-unsaturated/α-hetero) is 1. The fraction of sp³-hybridized carbons (Fsp3) is 0.727. The maximum Gasteiger partial charge on any atom is 0.192 e. The zero-order chi connectivity index (χ0) is 18.1. The highest BCUT2D eigenvalue weighted by Crippen LogP contribution is 2.67. The number of carbonyl (C=O) groups is 2. The second kappa shape index (κ2) is 5.65. The molecule has 25 heavy (non-hydrogen) atoms. The Morgan fingerprint density at radius 2 is 1.92 bits per heavy atom. The fourth-order valence-electron chi connectivity index (χ4n) is 7.34. The van der Waals surface area contributed by atoms with E-state index in [2.05, 4.69) is 42.8 Å². The molecule has 3 saturated carbocycles. The molecule has 3 heteroatoms. The summed E-state index contributed by atoms with van der Waals surface area (Å²) in [7, 11) is 0. The van der Waals surface area contributed by atoms with Gasteiger partial charge in [-0.05, 0) is 90.1 Å². The second-order valence-electron chi connectivity index (χ2n) is 9.54. The molecule has 0 aromatic carbocycles. The molecule has 0 aliphatic heterocycles. The summed E-state index contributed by atoms with van der Waals surface area (Å²) in [4.78, 5) is 24.5. The van der Waals surface area contributed by atoms with Crippen LogP contribution in [-0.4, -0.2) is 11.6 Å². The van der Waals surface area contributed by atoms with Gasteiger partial charge in [-0.3, -0.25) is 9.59 Å². The predicted molar refractivity (Wildman–Crippen MR) is 103 cm³/mol. The average Bonchev–Trinajstić information content (AvgIpc) is 2.88. The Bertz CT molecular complexity index is 705. The van der Waals surface area contributed by atoms with Crippen molar-refractivity contribution in [3.05, 3.63) is 22.2 Å². The van der Waals surface area contributed by atoms with Crippen molar-refractivity contribution in [3.63, 3.8) is 0 Å². The summed E-state index contributed by atoms with van der Waals surface area (Å²) in [6.07, 6.45) is 9.89. The van der Waals surface area contributed by atoms with Crippen molar-refractivity contribution < 1.29 is 9.59 Å². The van der Waals surface area contributed by atoms with E-state index in [1.54, 1.807) is 6.92 Å². The van der Waals surface area contributed by atoms with Crippen molar-refractivity contribution in [2.45, 2.75) is 59.8 Å². The van der Waals surface area contributed by atoms with Gasteiger partial charge in [0.05, 0.1) is 4.48 Å². The lowest BCUT2D eigenvalue weighted by atomic mass is 9.46. The van der Waals surface area contributed by atoms with E-state index < -0.39 is 0 Å². The standard InChI is InChI=1S/C22H29BrO2/c1-12-9-14-16-6-5-15(13(2)24)21(16,3)8-7-17(14)22(4)11-19(23)20(25)10-18(12)22/h10-12,14-17H,5-9H2,1-4H3/t12-,14+,15-,16+,17+,21-,22-/m1/s1. The third kappa shape index (κ3) is 2.33. The van der Waals surface area contributed by atoms with Gasteiger partial charge >= 0.3 is 0 Å². The van der Waals surface area contributed by atoms with Crippen LogP contribution in [0.1, 0.15) is 59.8 Å². The molecular weight excluding hydrogens is 376 g/mol. The first-order valence-electron chi connectivity index (χ1n) is 9.83. The lowest BCUT2D eigenvalue weighted by Gasteiger charge is -2.58. The van der Waals surface area contributed by atoms with E-state index in [1.807, 2.05) is 6.08 Å². The third-order valence-electron chi connectivity index (χ3n) is 8.43. The monoisotopic (exact) mass is 404 g/mol. The molecule has 0 aromatic rings. The first kappa shape index (κ1) is 17.7. The van der Waals surface area contributed by atoms with E-state index >= 15 is 0 Å². The first-order chi connectivity index (χ1) is 11.7. The smallest absolute Gasteiger partial charge is 0.192 e. The summed E-state index contributed by atoms with van der Waals surface area (Å²) >= 11 is 3.51. The molecule has 0 bridgehead atoms. The molecule has 0 N–H and O–H groups in total. The minimum atomic E-state index is -0.00921. The van der Waals surface area contributed by atoms with Crippen LogP contribution in [0.5, 0.6) is 0 Å². The SMILES string of the molecule is CC(=O)[C@H]1CC[C@H]2[C@@H]3C[C@@H](C)C4=CC(=O)C(Br)=C[C@]4(C)[C@H]3CC[C@]12C. The van der Waals surface area contributed by atoms with Crippen LogP contribution in [-0.2, 0) is 9.59 Å². The van der Waals surface area contributed by atoms with Crippen LogP contribution in [0.2, 0.25) is 0 Å². The van der Waals surface area contributed by atoms with E-state index in [-0.39, 0.29) is 22.5 Å². The molecule has 4 rings (SSSR count). The number of hydrogen-bond acceptors (Lipinski definition) is 2. The van der Waals surface area contributed by atoms with Gasteiger partial charge in [-0.25, -0.2) is 0 Å². The Labute approximate surface area is 159 Å². The second-order valence-corrected chi connectivity index (χ2v) is 10.4. The van der Waals surface area contributed by atoms with Gasteiger partial charge in [0.1, 0.15) is 5.78 Å². The number of hydrogen-bond donors (Lipinski definition) is 0. The zero-order valence-corrected chi connectivity index (χ0v) is 17.4. The molecule has 4 aliphatic carbocycles. The summed E-state index contributed by atoms with van der Waals surface area (Å²) in [6, 6.07) is 0. The number of fused-ring (bicyclic) bond motifs is 5. The third-order valence-corrected chi connectivity index (χ3v) is 9.04. The minimum absolute atomic E-state index is 0.00921. The largest absolute Gasteiger partial charge is 0.300 e. The van der Waals surface area contributed by atoms with Crippen LogP contribution in [0.15, 0.2) is 22.2 Å². The van der Waals surface area contributed by atoms with Crippen LogP contribution in [0.3, 0.4) is 0 Å². The maximum atomic E-state index is 12.2. The van der Waals surface area contributed by atoms with Gasteiger partial charge in [-0.15, -0.1) is 0 Å². The van der Waals surface area contributed by atoms with Gasteiger partial charge in [-0.2, -0.15) is 0 Å². The quantitative estimate of drug-likeness (QED) is 0.580. The Morgan fingerprint density at radius 1 is 1.20 bits per heavy atom. The summed E-state index contributed by atoms with van der Waals surface area (Å²) in [5, 5.41) is 0. The van der Waals surface area contributed by atoms with Crippen molar-refractivity contribution in [1.29, 1.82) is 0 Å². The molecule has 0 spiro atoms. The molecule has 0 unspecified atom stereocenters. The summed E-state index contributed by atoms with van der Waals surface area (Å²) in [6.45, 7) is 8.83. The molecule has 2 nitrogen and oxygen atoms in total. The molecule has 3 fully saturated rings. The number of ketones is 2. The fourth-order valence-corrected chi connectivity index (χ4v) is 7.93. The Hall–Kier alpha value is -0.700. The average molecular weight is 405 g/mol. The number of allylic oxidation sites excluding steroid dienone is 4. The number of carbonyl (C=O) groups excluding carboxylic acids is 2. The number of rotatable bonds is 1. The van der Waals surface area contributed by atoms with Crippen LogP contribution in [0, 0.1) is 40.4 Å². The Kier molecular flexibility index (Phi) is 4.00. The molecule has 0 radical (unpaired) electrons. The molecule has 7 atom stereocenters. The number of halogens is 1. The molecule has 0 heterocycles. The van der Waals surface area contributed by atoms with Gasteiger partial charge in [-0.1, -0.05) is 32.4 Å². The highest BCUT2D eigenvalue weighted by atomic mass is 79.9. The molecule has 0 aromatic heterocycles. The van der Waals surface area contributed by atoms with Crippen LogP contribution >= 0.6 is 15.9 Å². The molecular formula is C22H29BrO2. The van der Waals surface area contributed by atoms with Gasteiger partial charge in [0, 0.05) is 11.3 Å². The van der Waals surface area contributed by atoms with E-state index in [4.69, 9.17) is 0 Å². The van der Waals surface area contributed by atoms with Gasteiger partial charge in [0.15, 0.2) is 5.78 Å². The van der Waals surface area contributed by atoms with Crippen molar-refractivity contribution in [1.82, 2.24) is 0 Å². The lowest BCUT2D eigenvalue weighted by Crippen LogP contribution is -2.52. The maximum absolute atomic E-state index is 12.2. The summed E-state index contributed by atoms with van der Waals surface area (Å²) in [5.41, 5.74) is 1.52. The van der Waals surface area contributed by atoms with Gasteiger partial charge in [0.2, 0.25) is 0 Å². The normalized spacial score (nSPS) is 48.8. The highest BCUT2D eigenvalue weighted by molar-refractivity contribution is 9.12. The van der Waals surface area contributed by atoms with Crippen molar-refractivity contribution in [2.75, 3.05) is 0 Å². The topological polar surface area (TPSA) is 34.1 Å². The molecule has 0 saturated heterocycles. The molecule has 136 valence electrons. The van der Waals surface area contributed by atoms with Crippen LogP contribution < -0.4 is 0 Å². The Morgan fingerprint density at radius 3 is 2.60 bits per heavy atom. The summed E-state index contributed by atoms with van der Waals surface area (Å²) in [5.74, 6) is 3.15. The van der Waals surface area contributed by atoms with E-state index in [0.29, 0.717) is 29.5 Å².